The summed E-state index contributed by atoms with van der Waals surface area (Å²) >= 11 is 0. The second-order valence-electron chi connectivity index (χ2n) is 15.7. The molecular weight excluding hydrogens is 795 g/mol. The molecule has 0 spiro atoms. The van der Waals surface area contributed by atoms with Crippen molar-refractivity contribution in [3.63, 3.8) is 0 Å². The van der Waals surface area contributed by atoms with E-state index in [4.69, 9.17) is 9.97 Å². The SMILES string of the molecule is c1ccc(N2c3cccc(c3)N(c3ccccc3)c3cccc(c3)N(c3ccccc3)c3cc(ncn3)N(c3ccccc3)c3cccc(c3)N(c3ccccc3)c3cccc2c3)cc1. The van der Waals surface area contributed by atoms with E-state index in [0.29, 0.717) is 0 Å². The van der Waals surface area contributed by atoms with Gasteiger partial charge in [-0.15, -0.1) is 0 Å². The second-order valence-corrected chi connectivity index (χ2v) is 15.7. The highest BCUT2D eigenvalue weighted by Crippen LogP contribution is 2.46. The van der Waals surface area contributed by atoms with E-state index < -0.39 is 0 Å². The topological polar surface area (TPSA) is 42.0 Å². The fourth-order valence-corrected chi connectivity index (χ4v) is 8.72. The van der Waals surface area contributed by atoms with Crippen molar-refractivity contribution in [2.45, 2.75) is 0 Å². The molecule has 7 heteroatoms. The maximum Gasteiger partial charge on any atom is 0.143 e. The summed E-state index contributed by atoms with van der Waals surface area (Å²) in [5.41, 5.74) is 13.0. The number of hydrogen-bond acceptors (Lipinski definition) is 7. The molecule has 7 nitrogen and oxygen atoms in total. The summed E-state index contributed by atoms with van der Waals surface area (Å²) in [6.07, 6.45) is 1.66. The lowest BCUT2D eigenvalue weighted by atomic mass is 10.1. The van der Waals surface area contributed by atoms with Gasteiger partial charge in [-0.2, -0.15) is 0 Å². The maximum absolute atomic E-state index is 4.99. The van der Waals surface area contributed by atoms with Crippen LogP contribution in [0, 0.1) is 0 Å². The Morgan fingerprint density at radius 3 is 0.631 bits per heavy atom. The molecule has 65 heavy (non-hydrogen) atoms. The summed E-state index contributed by atoms with van der Waals surface area (Å²) in [5, 5.41) is 0. The van der Waals surface area contributed by atoms with Crippen molar-refractivity contribution in [2.75, 3.05) is 24.5 Å². The quantitative estimate of drug-likeness (QED) is 0.171. The molecule has 0 radical (unpaired) electrons. The number of aromatic nitrogens is 2. The molecule has 2 heterocycles. The Morgan fingerprint density at radius 2 is 0.385 bits per heavy atom. The van der Waals surface area contributed by atoms with Gasteiger partial charge in [0.05, 0.1) is 0 Å². The number of benzene rings is 9. The lowest BCUT2D eigenvalue weighted by molar-refractivity contribution is 1.08. The Kier molecular flexibility index (Phi) is 10.4. The van der Waals surface area contributed by atoms with Crippen LogP contribution in [-0.4, -0.2) is 9.97 Å². The number of nitrogens with zero attached hydrogens (tertiary/aromatic N) is 7. The Morgan fingerprint density at radius 1 is 0.185 bits per heavy atom. The number of anilines is 15. The van der Waals surface area contributed by atoms with Crippen molar-refractivity contribution in [3.05, 3.63) is 261 Å². The predicted octanol–water partition coefficient (Wildman–Crippen LogP) is 16.1. The molecule has 9 aromatic carbocycles. The Bertz CT molecular complexity index is 2580. The van der Waals surface area contributed by atoms with Crippen LogP contribution in [0.25, 0.3) is 0 Å². The molecule has 11 rings (SSSR count). The van der Waals surface area contributed by atoms with Crippen molar-refractivity contribution in [1.29, 1.82) is 0 Å². The average molecular weight is 838 g/mol. The Labute approximate surface area is 379 Å². The first-order valence-electron chi connectivity index (χ1n) is 21.7. The molecule has 0 saturated heterocycles. The van der Waals surface area contributed by atoms with Gasteiger partial charge in [0, 0.05) is 80.0 Å². The molecule has 10 aromatic rings. The van der Waals surface area contributed by atoms with Crippen LogP contribution in [0.2, 0.25) is 0 Å². The summed E-state index contributed by atoms with van der Waals surface area (Å²) in [4.78, 5) is 21.4. The van der Waals surface area contributed by atoms with Crippen molar-refractivity contribution in [2.24, 2.45) is 0 Å². The second kappa shape index (κ2) is 17.4. The minimum absolute atomic E-state index is 0.722. The largest absolute Gasteiger partial charge is 0.310 e. The average Bonchev–Trinajstić information content (AvgIpc) is 3.37. The van der Waals surface area contributed by atoms with Crippen LogP contribution in [-0.2, 0) is 0 Å². The van der Waals surface area contributed by atoms with Crippen LogP contribution in [0.15, 0.2) is 261 Å². The van der Waals surface area contributed by atoms with Gasteiger partial charge in [-0.25, -0.2) is 9.97 Å². The van der Waals surface area contributed by atoms with Gasteiger partial charge in [0.2, 0.25) is 0 Å². The highest BCUT2D eigenvalue weighted by Gasteiger charge is 2.24. The monoisotopic (exact) mass is 837 g/mol. The molecule has 0 saturated carbocycles. The van der Waals surface area contributed by atoms with Gasteiger partial charge in [-0.1, -0.05) is 115 Å². The van der Waals surface area contributed by atoms with Crippen LogP contribution >= 0.6 is 0 Å². The van der Waals surface area contributed by atoms with Gasteiger partial charge in [0.25, 0.3) is 0 Å². The van der Waals surface area contributed by atoms with Gasteiger partial charge in [0.1, 0.15) is 18.0 Å². The number of fused-ring (bicyclic) bond motifs is 10. The Balaban J connectivity index is 1.21. The summed E-state index contributed by atoms with van der Waals surface area (Å²) in [5.74, 6) is 1.44. The zero-order chi connectivity index (χ0) is 43.4. The molecule has 1 aromatic heterocycles. The zero-order valence-corrected chi connectivity index (χ0v) is 35.5. The van der Waals surface area contributed by atoms with E-state index in [9.17, 15) is 0 Å². The number of rotatable bonds is 5. The summed E-state index contributed by atoms with van der Waals surface area (Å²) < 4.78 is 0. The molecule has 0 N–H and O–H groups in total. The molecule has 0 amide bonds. The molecule has 310 valence electrons. The molecule has 0 fully saturated rings. The normalized spacial score (nSPS) is 12.5. The lowest BCUT2D eigenvalue weighted by Crippen LogP contribution is -2.17. The fraction of sp³-hybridized carbons (Fsp3) is 0. The van der Waals surface area contributed by atoms with E-state index >= 15 is 0 Å². The first-order chi connectivity index (χ1) is 32.2. The first kappa shape index (κ1) is 38.9. The van der Waals surface area contributed by atoms with E-state index in [2.05, 4.69) is 267 Å². The molecule has 0 unspecified atom stereocenters. The van der Waals surface area contributed by atoms with Gasteiger partial charge < -0.3 is 14.7 Å². The zero-order valence-electron chi connectivity index (χ0n) is 35.5. The van der Waals surface area contributed by atoms with Crippen LogP contribution in [0.5, 0.6) is 0 Å². The third-order valence-corrected chi connectivity index (χ3v) is 11.6. The molecule has 1 aliphatic rings. The fourth-order valence-electron chi connectivity index (χ4n) is 8.72. The van der Waals surface area contributed by atoms with E-state index in [-0.39, 0.29) is 0 Å². The van der Waals surface area contributed by atoms with Crippen molar-refractivity contribution >= 4 is 85.6 Å². The summed E-state index contributed by atoms with van der Waals surface area (Å²) in [6, 6.07) is 89.6. The molecule has 0 atom stereocenters. The van der Waals surface area contributed by atoms with E-state index in [1.165, 1.54) is 0 Å². The van der Waals surface area contributed by atoms with Crippen LogP contribution in [0.1, 0.15) is 0 Å². The van der Waals surface area contributed by atoms with Crippen LogP contribution in [0.4, 0.5) is 85.6 Å². The van der Waals surface area contributed by atoms with Crippen LogP contribution < -0.4 is 24.5 Å². The number of hydrogen-bond donors (Lipinski definition) is 0. The van der Waals surface area contributed by atoms with E-state index in [1.807, 2.05) is 12.1 Å². The van der Waals surface area contributed by atoms with E-state index in [1.54, 1.807) is 6.33 Å². The van der Waals surface area contributed by atoms with Crippen LogP contribution in [0.3, 0.4) is 0 Å². The van der Waals surface area contributed by atoms with E-state index in [0.717, 1.165) is 85.6 Å². The van der Waals surface area contributed by atoms with Crippen molar-refractivity contribution in [1.82, 2.24) is 9.97 Å². The predicted molar refractivity (Wildman–Crippen MR) is 269 cm³/mol. The van der Waals surface area contributed by atoms with Crippen molar-refractivity contribution in [3.8, 4) is 0 Å². The summed E-state index contributed by atoms with van der Waals surface area (Å²) in [7, 11) is 0. The third kappa shape index (κ3) is 7.79. The van der Waals surface area contributed by atoms with Gasteiger partial charge >= 0.3 is 0 Å². The molecule has 10 bridgehead atoms. The molecule has 0 aliphatic carbocycles. The highest BCUT2D eigenvalue weighted by atomic mass is 15.3. The molecule has 1 aliphatic heterocycles. The Hall–Kier alpha value is -8.94. The third-order valence-electron chi connectivity index (χ3n) is 11.6. The smallest absolute Gasteiger partial charge is 0.143 e. The van der Waals surface area contributed by atoms with Gasteiger partial charge in [-0.05, 0) is 133 Å². The van der Waals surface area contributed by atoms with Gasteiger partial charge in [-0.3, -0.25) is 9.80 Å². The maximum atomic E-state index is 4.99. The van der Waals surface area contributed by atoms with Crippen molar-refractivity contribution < 1.29 is 0 Å². The minimum Gasteiger partial charge on any atom is -0.310 e. The van der Waals surface area contributed by atoms with Gasteiger partial charge in [0.15, 0.2) is 0 Å². The standard InChI is InChI=1S/C58H43N7/c1-6-20-44(21-7-1)61-49-30-16-32-51(38-49)62(45-22-8-2-9-23-45)53-34-18-36-55(40-53)64(47-26-12-4-13-27-47)57-42-58(60-43-59-57)65(48-28-14-5-15-29-48)56-37-19-35-54(41-56)63(46-24-10-3-11-25-46)52-33-17-31-50(61)39-52/h1-43H. The minimum atomic E-state index is 0.722. The lowest BCUT2D eigenvalue weighted by Gasteiger charge is -2.32. The highest BCUT2D eigenvalue weighted by molar-refractivity contribution is 5.89. The summed E-state index contributed by atoms with van der Waals surface area (Å²) in [6.45, 7) is 0. The molecular formula is C58H43N7. The first-order valence-corrected chi connectivity index (χ1v) is 21.7. The number of para-hydroxylation sites is 5.